The first-order valence-corrected chi connectivity index (χ1v) is 6.64. The van der Waals surface area contributed by atoms with Gasteiger partial charge in [-0.3, -0.25) is 5.32 Å². The van der Waals surface area contributed by atoms with Crippen molar-refractivity contribution in [2.45, 2.75) is 39.3 Å². The van der Waals surface area contributed by atoms with Crippen molar-refractivity contribution >= 4 is 17.6 Å². The number of nitrogens with one attached hydrogen (secondary N) is 1. The average Bonchev–Trinajstić information content (AvgIpc) is 2.37. The molecule has 0 aliphatic heterocycles. The summed E-state index contributed by atoms with van der Waals surface area (Å²) in [6, 6.07) is 7.06. The normalized spacial score (nSPS) is 14.0. The first-order chi connectivity index (χ1) is 8.58. The van der Waals surface area contributed by atoms with Crippen LogP contribution in [0.3, 0.4) is 0 Å². The fourth-order valence-corrected chi connectivity index (χ4v) is 1.71. The van der Waals surface area contributed by atoms with Gasteiger partial charge in [0.25, 0.3) is 0 Å². The van der Waals surface area contributed by atoms with Crippen molar-refractivity contribution in [2.24, 2.45) is 0 Å². The number of carbonyl (C=O) groups excluding carboxylic acids is 1. The van der Waals surface area contributed by atoms with Crippen molar-refractivity contribution in [2.75, 3.05) is 6.61 Å². The zero-order valence-electron chi connectivity index (χ0n) is 11.1. The lowest BCUT2D eigenvalue weighted by molar-refractivity contribution is -0.146. The molecule has 0 radical (unpaired) electrons. The molecular weight excluding hydrogens is 250 g/mol. The van der Waals surface area contributed by atoms with Crippen molar-refractivity contribution in [3.63, 3.8) is 0 Å². The van der Waals surface area contributed by atoms with Crippen LogP contribution in [0.25, 0.3) is 0 Å². The van der Waals surface area contributed by atoms with E-state index in [0.29, 0.717) is 11.6 Å². The average molecular weight is 270 g/mol. The minimum atomic E-state index is -0.433. The lowest BCUT2D eigenvalue weighted by Gasteiger charge is -2.21. The third kappa shape index (κ3) is 4.31. The minimum Gasteiger partial charge on any atom is -0.465 e. The van der Waals surface area contributed by atoms with Crippen LogP contribution in [0.5, 0.6) is 0 Å². The first kappa shape index (κ1) is 15.0. The number of esters is 1. The van der Waals surface area contributed by atoms with Crippen molar-refractivity contribution in [1.29, 1.82) is 0 Å². The van der Waals surface area contributed by atoms with Gasteiger partial charge < -0.3 is 4.74 Å². The van der Waals surface area contributed by atoms with Gasteiger partial charge in [-0.1, -0.05) is 30.7 Å². The molecule has 0 aliphatic carbocycles. The molecule has 2 unspecified atom stereocenters. The van der Waals surface area contributed by atoms with E-state index in [9.17, 15) is 4.79 Å². The van der Waals surface area contributed by atoms with Crippen LogP contribution in [0.15, 0.2) is 24.3 Å². The SMILES string of the molecule is CCOC(=O)C(NC(C)CC)c1ccc(Cl)cc1. The van der Waals surface area contributed by atoms with Crippen LogP contribution in [0.4, 0.5) is 0 Å². The molecule has 0 aromatic heterocycles. The molecule has 1 N–H and O–H groups in total. The molecule has 0 saturated heterocycles. The van der Waals surface area contributed by atoms with E-state index < -0.39 is 6.04 Å². The van der Waals surface area contributed by atoms with Crippen molar-refractivity contribution < 1.29 is 9.53 Å². The molecule has 2 atom stereocenters. The highest BCUT2D eigenvalue weighted by Gasteiger charge is 2.22. The predicted octanol–water partition coefficient (Wildman–Crippen LogP) is 3.33. The highest BCUT2D eigenvalue weighted by molar-refractivity contribution is 6.30. The Morgan fingerprint density at radius 3 is 2.44 bits per heavy atom. The second-order valence-corrected chi connectivity index (χ2v) is 4.65. The van der Waals surface area contributed by atoms with E-state index in [-0.39, 0.29) is 12.0 Å². The summed E-state index contributed by atoms with van der Waals surface area (Å²) in [6.45, 7) is 6.30. The topological polar surface area (TPSA) is 38.3 Å². The Bertz CT molecular complexity index is 378. The van der Waals surface area contributed by atoms with Crippen LogP contribution in [-0.4, -0.2) is 18.6 Å². The van der Waals surface area contributed by atoms with E-state index in [0.717, 1.165) is 12.0 Å². The summed E-state index contributed by atoms with van der Waals surface area (Å²) in [5.41, 5.74) is 0.873. The fourth-order valence-electron chi connectivity index (χ4n) is 1.58. The van der Waals surface area contributed by atoms with Crippen LogP contribution >= 0.6 is 11.6 Å². The number of halogens is 1. The predicted molar refractivity (Wildman–Crippen MR) is 73.7 cm³/mol. The van der Waals surface area contributed by atoms with Gasteiger partial charge in [0.1, 0.15) is 6.04 Å². The summed E-state index contributed by atoms with van der Waals surface area (Å²) in [5.74, 6) is -0.250. The monoisotopic (exact) mass is 269 g/mol. The van der Waals surface area contributed by atoms with E-state index in [2.05, 4.69) is 12.2 Å². The molecule has 100 valence electrons. The highest BCUT2D eigenvalue weighted by atomic mass is 35.5. The van der Waals surface area contributed by atoms with E-state index in [1.54, 1.807) is 19.1 Å². The van der Waals surface area contributed by atoms with E-state index in [1.165, 1.54) is 0 Å². The maximum Gasteiger partial charge on any atom is 0.327 e. The van der Waals surface area contributed by atoms with Crippen LogP contribution in [0, 0.1) is 0 Å². The van der Waals surface area contributed by atoms with Crippen molar-refractivity contribution in [3.8, 4) is 0 Å². The highest BCUT2D eigenvalue weighted by Crippen LogP contribution is 2.19. The Morgan fingerprint density at radius 2 is 1.94 bits per heavy atom. The molecule has 1 aromatic rings. The van der Waals surface area contributed by atoms with E-state index >= 15 is 0 Å². The molecule has 0 bridgehead atoms. The molecule has 1 rings (SSSR count). The molecule has 0 saturated carbocycles. The molecule has 0 spiro atoms. The molecule has 0 fully saturated rings. The zero-order valence-corrected chi connectivity index (χ0v) is 11.8. The van der Waals surface area contributed by atoms with Gasteiger partial charge in [0.15, 0.2) is 0 Å². The summed E-state index contributed by atoms with van der Waals surface area (Å²) in [6.07, 6.45) is 0.948. The van der Waals surface area contributed by atoms with Gasteiger partial charge in [0, 0.05) is 11.1 Å². The van der Waals surface area contributed by atoms with Crippen molar-refractivity contribution in [3.05, 3.63) is 34.9 Å². The molecule has 1 aromatic carbocycles. The van der Waals surface area contributed by atoms with Gasteiger partial charge in [0.2, 0.25) is 0 Å². The van der Waals surface area contributed by atoms with Gasteiger partial charge in [-0.25, -0.2) is 4.79 Å². The maximum atomic E-state index is 12.0. The van der Waals surface area contributed by atoms with E-state index in [4.69, 9.17) is 16.3 Å². The second kappa shape index (κ2) is 7.39. The lowest BCUT2D eigenvalue weighted by Crippen LogP contribution is -2.36. The van der Waals surface area contributed by atoms with Gasteiger partial charge in [-0.15, -0.1) is 0 Å². The molecule has 0 aliphatic rings. The van der Waals surface area contributed by atoms with Crippen LogP contribution < -0.4 is 5.32 Å². The molecule has 18 heavy (non-hydrogen) atoms. The summed E-state index contributed by atoms with van der Waals surface area (Å²) < 4.78 is 5.10. The smallest absolute Gasteiger partial charge is 0.327 e. The Balaban J connectivity index is 2.88. The van der Waals surface area contributed by atoms with Gasteiger partial charge in [0.05, 0.1) is 6.61 Å². The Kier molecular flexibility index (Phi) is 6.16. The summed E-state index contributed by atoms with van der Waals surface area (Å²) in [4.78, 5) is 12.0. The number of hydrogen-bond acceptors (Lipinski definition) is 3. The van der Waals surface area contributed by atoms with Crippen LogP contribution in [0.2, 0.25) is 5.02 Å². The summed E-state index contributed by atoms with van der Waals surface area (Å²) in [7, 11) is 0. The lowest BCUT2D eigenvalue weighted by atomic mass is 10.1. The largest absolute Gasteiger partial charge is 0.465 e. The standard InChI is InChI=1S/C14H20ClNO2/c1-4-10(3)16-13(14(17)18-5-2)11-6-8-12(15)9-7-11/h6-10,13,16H,4-5H2,1-3H3. The van der Waals surface area contributed by atoms with Crippen molar-refractivity contribution in [1.82, 2.24) is 5.32 Å². The Hall–Kier alpha value is -1.06. The zero-order chi connectivity index (χ0) is 13.5. The van der Waals surface area contributed by atoms with Gasteiger partial charge in [-0.2, -0.15) is 0 Å². The first-order valence-electron chi connectivity index (χ1n) is 6.26. The second-order valence-electron chi connectivity index (χ2n) is 4.21. The molecular formula is C14H20ClNO2. The summed E-state index contributed by atoms with van der Waals surface area (Å²) >= 11 is 5.85. The quantitative estimate of drug-likeness (QED) is 0.805. The van der Waals surface area contributed by atoms with Gasteiger partial charge >= 0.3 is 5.97 Å². The molecule has 4 heteroatoms. The Morgan fingerprint density at radius 1 is 1.33 bits per heavy atom. The summed E-state index contributed by atoms with van der Waals surface area (Å²) in [5, 5.41) is 3.93. The number of ether oxygens (including phenoxy) is 1. The molecule has 3 nitrogen and oxygen atoms in total. The Labute approximate surface area is 113 Å². The van der Waals surface area contributed by atoms with Gasteiger partial charge in [-0.05, 0) is 38.0 Å². The van der Waals surface area contributed by atoms with Crippen LogP contribution in [-0.2, 0) is 9.53 Å². The maximum absolute atomic E-state index is 12.0. The molecule has 0 amide bonds. The van der Waals surface area contributed by atoms with Crippen LogP contribution in [0.1, 0.15) is 38.8 Å². The third-order valence-corrected chi connectivity index (χ3v) is 3.04. The number of hydrogen-bond donors (Lipinski definition) is 1. The number of carbonyl (C=O) groups is 1. The number of rotatable bonds is 6. The number of benzene rings is 1. The molecule has 0 heterocycles. The minimum absolute atomic E-state index is 0.245. The van der Waals surface area contributed by atoms with E-state index in [1.807, 2.05) is 19.1 Å². The fraction of sp³-hybridized carbons (Fsp3) is 0.500. The third-order valence-electron chi connectivity index (χ3n) is 2.79.